The molecule has 0 spiro atoms. The molecule has 6 heteroatoms. The Bertz CT molecular complexity index is 483. The van der Waals surface area contributed by atoms with Crippen molar-refractivity contribution in [2.75, 3.05) is 6.61 Å². The molecule has 0 heterocycles. The third kappa shape index (κ3) is 3.62. The molecule has 1 aliphatic rings. The van der Waals surface area contributed by atoms with Crippen LogP contribution in [0.3, 0.4) is 0 Å². The SMILES string of the molecule is O/N=C1/CCc2cc(OCCCC(F)(F)F)ccc21. The maximum absolute atomic E-state index is 12.0. The van der Waals surface area contributed by atoms with E-state index in [-0.39, 0.29) is 13.0 Å². The molecule has 0 bridgehead atoms. The molecule has 2 rings (SSSR count). The normalized spacial score (nSPS) is 16.7. The molecule has 1 aromatic rings. The number of oxime groups is 1. The molecule has 0 radical (unpaired) electrons. The molecule has 0 atom stereocenters. The van der Waals surface area contributed by atoms with E-state index in [9.17, 15) is 13.2 Å². The van der Waals surface area contributed by atoms with Crippen LogP contribution in [0.4, 0.5) is 13.2 Å². The molecule has 3 nitrogen and oxygen atoms in total. The minimum Gasteiger partial charge on any atom is -0.494 e. The summed E-state index contributed by atoms with van der Waals surface area (Å²) in [5, 5.41) is 12.0. The summed E-state index contributed by atoms with van der Waals surface area (Å²) in [6.07, 6.45) is -3.59. The monoisotopic (exact) mass is 273 g/mol. The Labute approximate surface area is 108 Å². The number of fused-ring (bicyclic) bond motifs is 1. The lowest BCUT2D eigenvalue weighted by Crippen LogP contribution is -2.09. The van der Waals surface area contributed by atoms with Crippen LogP contribution in [0.5, 0.6) is 5.75 Å². The van der Waals surface area contributed by atoms with Gasteiger partial charge in [0.25, 0.3) is 0 Å². The second kappa shape index (κ2) is 5.50. The molecule has 1 aliphatic carbocycles. The molecular formula is C13H14F3NO2. The number of benzene rings is 1. The van der Waals surface area contributed by atoms with Crippen LogP contribution in [0.15, 0.2) is 23.4 Å². The number of aryl methyl sites for hydroxylation is 1. The number of rotatable bonds is 4. The van der Waals surface area contributed by atoms with Gasteiger partial charge in [0.05, 0.1) is 12.3 Å². The van der Waals surface area contributed by atoms with Gasteiger partial charge in [0.15, 0.2) is 0 Å². The number of hydrogen-bond donors (Lipinski definition) is 1. The Hall–Kier alpha value is -1.72. The zero-order chi connectivity index (χ0) is 13.9. The number of alkyl halides is 3. The van der Waals surface area contributed by atoms with Crippen molar-refractivity contribution in [1.82, 2.24) is 0 Å². The highest BCUT2D eigenvalue weighted by molar-refractivity contribution is 6.04. The zero-order valence-electron chi connectivity index (χ0n) is 10.2. The van der Waals surface area contributed by atoms with Crippen molar-refractivity contribution in [3.63, 3.8) is 0 Å². The molecule has 0 amide bonds. The van der Waals surface area contributed by atoms with Crippen molar-refractivity contribution in [1.29, 1.82) is 0 Å². The average molecular weight is 273 g/mol. The van der Waals surface area contributed by atoms with Crippen molar-refractivity contribution in [3.8, 4) is 5.75 Å². The lowest BCUT2D eigenvalue weighted by molar-refractivity contribution is -0.136. The summed E-state index contributed by atoms with van der Waals surface area (Å²) in [6.45, 7) is 0.0409. The van der Waals surface area contributed by atoms with Crippen molar-refractivity contribution in [2.24, 2.45) is 5.16 Å². The molecule has 0 fully saturated rings. The second-order valence-electron chi connectivity index (χ2n) is 4.43. The molecule has 19 heavy (non-hydrogen) atoms. The number of halogens is 3. The van der Waals surface area contributed by atoms with Gasteiger partial charge < -0.3 is 9.94 Å². The number of hydrogen-bond acceptors (Lipinski definition) is 3. The van der Waals surface area contributed by atoms with E-state index in [1.807, 2.05) is 0 Å². The minimum atomic E-state index is -4.13. The van der Waals surface area contributed by atoms with Crippen LogP contribution < -0.4 is 4.74 Å². The molecule has 0 unspecified atom stereocenters. The van der Waals surface area contributed by atoms with E-state index in [1.165, 1.54) is 0 Å². The highest BCUT2D eigenvalue weighted by atomic mass is 19.4. The van der Waals surface area contributed by atoms with E-state index in [2.05, 4.69) is 5.16 Å². The first-order valence-corrected chi connectivity index (χ1v) is 6.03. The van der Waals surface area contributed by atoms with Gasteiger partial charge >= 0.3 is 6.18 Å². The third-order valence-corrected chi connectivity index (χ3v) is 3.01. The predicted octanol–water partition coefficient (Wildman–Crippen LogP) is 3.53. The zero-order valence-corrected chi connectivity index (χ0v) is 10.2. The lowest BCUT2D eigenvalue weighted by Gasteiger charge is -2.09. The number of nitrogens with zero attached hydrogens (tertiary/aromatic N) is 1. The van der Waals surface area contributed by atoms with Gasteiger partial charge in [0.1, 0.15) is 5.75 Å². The molecular weight excluding hydrogens is 259 g/mol. The van der Waals surface area contributed by atoms with Crippen molar-refractivity contribution < 1.29 is 23.1 Å². The van der Waals surface area contributed by atoms with Crippen molar-refractivity contribution >= 4 is 5.71 Å². The molecule has 104 valence electrons. The standard InChI is InChI=1S/C13H14F3NO2/c14-13(15,16)6-1-7-19-10-3-4-11-9(8-10)2-5-12(11)17-18/h3-4,8,18H,1-2,5-7H2/b17-12-. The topological polar surface area (TPSA) is 41.8 Å². The van der Waals surface area contributed by atoms with Gasteiger partial charge in [-0.05, 0) is 43.0 Å². The number of ether oxygens (including phenoxy) is 1. The first kappa shape index (κ1) is 13.7. The van der Waals surface area contributed by atoms with Crippen molar-refractivity contribution in [3.05, 3.63) is 29.3 Å². The first-order valence-electron chi connectivity index (χ1n) is 6.03. The largest absolute Gasteiger partial charge is 0.494 e. The fraction of sp³-hybridized carbons (Fsp3) is 0.462. The van der Waals surface area contributed by atoms with E-state index in [4.69, 9.17) is 9.94 Å². The quantitative estimate of drug-likeness (QED) is 0.518. The Morgan fingerprint density at radius 3 is 2.74 bits per heavy atom. The summed E-state index contributed by atoms with van der Waals surface area (Å²) >= 11 is 0. The van der Waals surface area contributed by atoms with Gasteiger partial charge in [0, 0.05) is 12.0 Å². The molecule has 0 saturated heterocycles. The fourth-order valence-electron chi connectivity index (χ4n) is 2.10. The summed E-state index contributed by atoms with van der Waals surface area (Å²) < 4.78 is 41.1. The smallest absolute Gasteiger partial charge is 0.389 e. The summed E-state index contributed by atoms with van der Waals surface area (Å²) in [4.78, 5) is 0. The van der Waals surface area contributed by atoms with Crippen LogP contribution in [0.1, 0.15) is 30.4 Å². The Morgan fingerprint density at radius 2 is 2.05 bits per heavy atom. The van der Waals surface area contributed by atoms with E-state index < -0.39 is 12.6 Å². The summed E-state index contributed by atoms with van der Waals surface area (Å²) in [7, 11) is 0. The van der Waals surface area contributed by atoms with E-state index >= 15 is 0 Å². The van der Waals surface area contributed by atoms with Crippen LogP contribution >= 0.6 is 0 Å². The van der Waals surface area contributed by atoms with Crippen LogP contribution in [-0.4, -0.2) is 23.7 Å². The highest BCUT2D eigenvalue weighted by Gasteiger charge is 2.26. The average Bonchev–Trinajstić information content (AvgIpc) is 2.75. The molecule has 0 saturated carbocycles. The second-order valence-corrected chi connectivity index (χ2v) is 4.43. The maximum Gasteiger partial charge on any atom is 0.389 e. The maximum atomic E-state index is 12.0. The summed E-state index contributed by atoms with van der Waals surface area (Å²) in [6, 6.07) is 5.25. The van der Waals surface area contributed by atoms with Crippen molar-refractivity contribution in [2.45, 2.75) is 31.9 Å². The molecule has 0 aromatic heterocycles. The molecule has 1 N–H and O–H groups in total. The minimum absolute atomic E-state index is 0.0409. The Balaban J connectivity index is 1.90. The van der Waals surface area contributed by atoms with Crippen LogP contribution in [-0.2, 0) is 6.42 Å². The van der Waals surface area contributed by atoms with E-state index in [0.29, 0.717) is 17.9 Å². The molecule has 1 aromatic carbocycles. The first-order chi connectivity index (χ1) is 8.99. The summed E-state index contributed by atoms with van der Waals surface area (Å²) in [5.74, 6) is 0.556. The van der Waals surface area contributed by atoms with Gasteiger partial charge in [-0.25, -0.2) is 0 Å². The fourth-order valence-corrected chi connectivity index (χ4v) is 2.10. The van der Waals surface area contributed by atoms with Gasteiger partial charge in [-0.3, -0.25) is 0 Å². The molecule has 0 aliphatic heterocycles. The Morgan fingerprint density at radius 1 is 1.26 bits per heavy atom. The van der Waals surface area contributed by atoms with Gasteiger partial charge in [0.2, 0.25) is 0 Å². The third-order valence-electron chi connectivity index (χ3n) is 3.01. The van der Waals surface area contributed by atoms with Gasteiger partial charge in [-0.15, -0.1) is 0 Å². The van der Waals surface area contributed by atoms with E-state index in [1.54, 1.807) is 18.2 Å². The highest BCUT2D eigenvalue weighted by Crippen LogP contribution is 2.27. The van der Waals surface area contributed by atoms with Gasteiger partial charge in [-0.1, -0.05) is 5.16 Å². The van der Waals surface area contributed by atoms with Crippen LogP contribution in [0.25, 0.3) is 0 Å². The van der Waals surface area contributed by atoms with Crippen LogP contribution in [0.2, 0.25) is 0 Å². The van der Waals surface area contributed by atoms with Gasteiger partial charge in [-0.2, -0.15) is 13.2 Å². The lowest BCUT2D eigenvalue weighted by atomic mass is 10.1. The van der Waals surface area contributed by atoms with E-state index in [0.717, 1.165) is 17.5 Å². The Kier molecular flexibility index (Phi) is 3.97. The summed E-state index contributed by atoms with van der Waals surface area (Å²) in [5.41, 5.74) is 2.52. The van der Waals surface area contributed by atoms with Crippen LogP contribution in [0, 0.1) is 0 Å². The predicted molar refractivity (Wildman–Crippen MR) is 63.9 cm³/mol.